The summed E-state index contributed by atoms with van der Waals surface area (Å²) in [7, 11) is -0.205. The van der Waals surface area contributed by atoms with Crippen LogP contribution < -0.4 is 10.0 Å². The molecule has 0 bridgehead atoms. The number of ether oxygens (including phenoxy) is 1. The summed E-state index contributed by atoms with van der Waals surface area (Å²) in [4.78, 5) is 0.181. The fraction of sp³-hybridized carbons (Fsp3) is 0.727. The van der Waals surface area contributed by atoms with E-state index in [0.717, 1.165) is 19.4 Å². The molecule has 9 heteroatoms. The van der Waals surface area contributed by atoms with Crippen molar-refractivity contribution in [3.8, 4) is 0 Å². The van der Waals surface area contributed by atoms with Gasteiger partial charge in [-0.3, -0.25) is 4.68 Å². The maximum absolute atomic E-state index is 12.1. The number of nitrogens with zero attached hydrogens (tertiary/aromatic N) is 2. The number of sulfonamides is 1. The molecule has 1 atom stereocenters. The lowest BCUT2D eigenvalue weighted by Crippen LogP contribution is -2.52. The van der Waals surface area contributed by atoms with Crippen molar-refractivity contribution < 1.29 is 13.2 Å². The van der Waals surface area contributed by atoms with Crippen molar-refractivity contribution in [2.45, 2.75) is 23.3 Å². The summed E-state index contributed by atoms with van der Waals surface area (Å²) in [6, 6.07) is 0. The molecule has 1 aromatic rings. The minimum Gasteiger partial charge on any atom is -0.383 e. The lowest BCUT2D eigenvalue weighted by molar-refractivity contribution is 0.122. The van der Waals surface area contributed by atoms with Crippen molar-refractivity contribution in [3.05, 3.63) is 12.4 Å². The van der Waals surface area contributed by atoms with Gasteiger partial charge in [-0.05, 0) is 19.4 Å². The zero-order valence-electron chi connectivity index (χ0n) is 11.6. The van der Waals surface area contributed by atoms with Crippen molar-refractivity contribution in [1.29, 1.82) is 0 Å². The van der Waals surface area contributed by atoms with Gasteiger partial charge in [-0.25, -0.2) is 13.1 Å². The van der Waals surface area contributed by atoms with E-state index in [1.807, 2.05) is 0 Å². The second-order valence-corrected chi connectivity index (χ2v) is 6.68. The number of hydrogen-bond acceptors (Lipinski definition) is 5. The zero-order valence-corrected chi connectivity index (χ0v) is 13.3. The van der Waals surface area contributed by atoms with Crippen LogP contribution in [0.4, 0.5) is 0 Å². The highest BCUT2D eigenvalue weighted by Crippen LogP contribution is 2.19. The van der Waals surface area contributed by atoms with Crippen LogP contribution >= 0.6 is 12.4 Å². The maximum atomic E-state index is 12.1. The van der Waals surface area contributed by atoms with Gasteiger partial charge in [0.25, 0.3) is 0 Å². The molecule has 2 rings (SSSR count). The Morgan fingerprint density at radius 1 is 1.60 bits per heavy atom. The Bertz CT molecular complexity index is 526. The predicted molar refractivity (Wildman–Crippen MR) is 77.5 cm³/mol. The Balaban J connectivity index is 0.00000200. The molecule has 0 amide bonds. The van der Waals surface area contributed by atoms with Crippen LogP contribution in [0.5, 0.6) is 0 Å². The molecule has 0 radical (unpaired) electrons. The van der Waals surface area contributed by atoms with Gasteiger partial charge in [0.05, 0.1) is 18.3 Å². The molecule has 1 fully saturated rings. The van der Waals surface area contributed by atoms with Crippen molar-refractivity contribution in [2.75, 3.05) is 26.8 Å². The SMILES string of the molecule is COCC1(CNS(=O)(=O)c2cnn(C)c2)CCCN1.Cl. The number of nitrogens with one attached hydrogen (secondary N) is 2. The van der Waals surface area contributed by atoms with Crippen LogP contribution in [0, 0.1) is 0 Å². The molecular formula is C11H21ClN4O3S. The summed E-state index contributed by atoms with van der Waals surface area (Å²) in [5.41, 5.74) is -0.302. The van der Waals surface area contributed by atoms with Crippen molar-refractivity contribution in [2.24, 2.45) is 7.05 Å². The van der Waals surface area contributed by atoms with E-state index in [0.29, 0.717) is 13.2 Å². The molecule has 7 nitrogen and oxygen atoms in total. The van der Waals surface area contributed by atoms with E-state index in [4.69, 9.17) is 4.74 Å². The molecule has 1 saturated heterocycles. The van der Waals surface area contributed by atoms with Crippen LogP contribution in [0.1, 0.15) is 12.8 Å². The minimum absolute atomic E-state index is 0. The minimum atomic E-state index is -3.51. The number of aryl methyl sites for hydroxylation is 1. The highest BCUT2D eigenvalue weighted by molar-refractivity contribution is 7.89. The monoisotopic (exact) mass is 324 g/mol. The first-order chi connectivity index (χ1) is 8.97. The topological polar surface area (TPSA) is 85.2 Å². The van der Waals surface area contributed by atoms with E-state index in [9.17, 15) is 8.42 Å². The van der Waals surface area contributed by atoms with E-state index in [-0.39, 0.29) is 22.8 Å². The first-order valence-electron chi connectivity index (χ1n) is 6.20. The van der Waals surface area contributed by atoms with Crippen molar-refractivity contribution in [1.82, 2.24) is 19.8 Å². The molecule has 1 aliphatic rings. The third kappa shape index (κ3) is 3.92. The van der Waals surface area contributed by atoms with Gasteiger partial charge in [-0.2, -0.15) is 5.10 Å². The lowest BCUT2D eigenvalue weighted by atomic mass is 9.99. The van der Waals surface area contributed by atoms with Crippen LogP contribution in [0.3, 0.4) is 0 Å². The number of methoxy groups -OCH3 is 1. The van der Waals surface area contributed by atoms with Gasteiger partial charge in [0.15, 0.2) is 0 Å². The van der Waals surface area contributed by atoms with Gasteiger partial charge in [0.2, 0.25) is 10.0 Å². The van der Waals surface area contributed by atoms with Gasteiger partial charge < -0.3 is 10.1 Å². The molecule has 0 saturated carbocycles. The third-order valence-corrected chi connectivity index (χ3v) is 4.70. The van der Waals surface area contributed by atoms with E-state index >= 15 is 0 Å². The van der Waals surface area contributed by atoms with Crippen LogP contribution in [-0.4, -0.2) is 50.5 Å². The molecule has 1 unspecified atom stereocenters. The molecule has 20 heavy (non-hydrogen) atoms. The summed E-state index contributed by atoms with van der Waals surface area (Å²) in [6.45, 7) is 1.69. The number of hydrogen-bond donors (Lipinski definition) is 2. The maximum Gasteiger partial charge on any atom is 0.243 e. The highest BCUT2D eigenvalue weighted by atomic mass is 35.5. The first-order valence-corrected chi connectivity index (χ1v) is 7.68. The highest BCUT2D eigenvalue weighted by Gasteiger charge is 2.34. The van der Waals surface area contributed by atoms with Crippen molar-refractivity contribution >= 4 is 22.4 Å². The molecule has 2 heterocycles. The fourth-order valence-corrected chi connectivity index (χ4v) is 3.43. The number of halogens is 1. The average molecular weight is 325 g/mol. The molecule has 116 valence electrons. The summed E-state index contributed by atoms with van der Waals surface area (Å²) >= 11 is 0. The van der Waals surface area contributed by atoms with Crippen LogP contribution in [0.15, 0.2) is 17.3 Å². The summed E-state index contributed by atoms with van der Waals surface area (Å²) in [6.07, 6.45) is 4.75. The number of rotatable bonds is 6. The van der Waals surface area contributed by atoms with Crippen molar-refractivity contribution in [3.63, 3.8) is 0 Å². The standard InChI is InChI=1S/C11H20N4O3S.ClH/c1-15-7-10(6-13-15)19(16,17)14-8-11(9-18-2)4-3-5-12-11;/h6-7,12,14H,3-5,8-9H2,1-2H3;1H. The lowest BCUT2D eigenvalue weighted by Gasteiger charge is -2.28. The molecule has 0 spiro atoms. The largest absolute Gasteiger partial charge is 0.383 e. The second-order valence-electron chi connectivity index (χ2n) is 4.92. The molecule has 0 aliphatic carbocycles. The van der Waals surface area contributed by atoms with Gasteiger partial charge in [-0.15, -0.1) is 12.4 Å². The van der Waals surface area contributed by atoms with Gasteiger partial charge in [0, 0.05) is 26.9 Å². The van der Waals surface area contributed by atoms with E-state index in [1.165, 1.54) is 17.1 Å². The van der Waals surface area contributed by atoms with Gasteiger partial charge in [0.1, 0.15) is 4.90 Å². The molecule has 0 aromatic carbocycles. The average Bonchev–Trinajstić information content (AvgIpc) is 2.98. The van der Waals surface area contributed by atoms with Crippen LogP contribution in [0.25, 0.3) is 0 Å². The Labute approximate surface area is 125 Å². The molecule has 2 N–H and O–H groups in total. The normalized spacial score (nSPS) is 22.7. The van der Waals surface area contributed by atoms with Gasteiger partial charge in [-0.1, -0.05) is 0 Å². The summed E-state index contributed by atoms with van der Waals surface area (Å²) in [5.74, 6) is 0. The number of aromatic nitrogens is 2. The summed E-state index contributed by atoms with van der Waals surface area (Å²) in [5, 5.41) is 7.20. The second kappa shape index (κ2) is 6.86. The Morgan fingerprint density at radius 2 is 2.35 bits per heavy atom. The smallest absolute Gasteiger partial charge is 0.243 e. The molecule has 1 aromatic heterocycles. The van der Waals surface area contributed by atoms with Gasteiger partial charge >= 0.3 is 0 Å². The quantitative estimate of drug-likeness (QED) is 0.762. The van der Waals surface area contributed by atoms with Crippen LogP contribution in [0.2, 0.25) is 0 Å². The molecule has 1 aliphatic heterocycles. The Kier molecular flexibility index (Phi) is 5.96. The fourth-order valence-electron chi connectivity index (χ4n) is 2.32. The molecular weight excluding hydrogens is 304 g/mol. The Hall–Kier alpha value is -0.670. The zero-order chi connectivity index (χ0) is 13.9. The predicted octanol–water partition coefficient (Wildman–Crippen LogP) is -0.111. The Morgan fingerprint density at radius 3 is 2.85 bits per heavy atom. The first kappa shape index (κ1) is 17.4. The van der Waals surface area contributed by atoms with E-state index in [2.05, 4.69) is 15.1 Å². The third-order valence-electron chi connectivity index (χ3n) is 3.34. The van der Waals surface area contributed by atoms with Crippen LogP contribution in [-0.2, 0) is 21.8 Å². The van der Waals surface area contributed by atoms with E-state index < -0.39 is 10.0 Å². The summed E-state index contributed by atoms with van der Waals surface area (Å²) < 4.78 is 33.5. The van der Waals surface area contributed by atoms with E-state index in [1.54, 1.807) is 14.2 Å².